The Morgan fingerprint density at radius 3 is 2.48 bits per heavy atom. The fraction of sp³-hybridized carbons (Fsp3) is 0.333. The predicted octanol–water partition coefficient (Wildman–Crippen LogP) is 2.72. The van der Waals surface area contributed by atoms with Gasteiger partial charge in [-0.25, -0.2) is 13.1 Å². The van der Waals surface area contributed by atoms with Gasteiger partial charge in [0.1, 0.15) is 0 Å². The van der Waals surface area contributed by atoms with E-state index in [9.17, 15) is 8.42 Å². The molecule has 0 bridgehead atoms. The van der Waals surface area contributed by atoms with Crippen LogP contribution in [0, 0.1) is 0 Å². The van der Waals surface area contributed by atoms with Gasteiger partial charge in [-0.05, 0) is 17.9 Å². The van der Waals surface area contributed by atoms with Gasteiger partial charge in [0, 0.05) is 12.3 Å². The number of rotatable bonds is 8. The van der Waals surface area contributed by atoms with Crippen LogP contribution in [0.4, 0.5) is 0 Å². The molecule has 0 spiro atoms. The van der Waals surface area contributed by atoms with Gasteiger partial charge in [-0.2, -0.15) is 0 Å². The Bertz CT molecular complexity index is 658. The zero-order valence-electron chi connectivity index (χ0n) is 11.4. The molecule has 1 N–H and O–H groups in total. The Morgan fingerprint density at radius 2 is 1.81 bits per heavy atom. The van der Waals surface area contributed by atoms with Crippen LogP contribution in [0.2, 0.25) is 0 Å². The molecule has 21 heavy (non-hydrogen) atoms. The second kappa shape index (κ2) is 8.14. The third-order valence-corrected chi connectivity index (χ3v) is 6.88. The second-order valence-electron chi connectivity index (χ2n) is 3.83. The lowest BCUT2D eigenvalue weighted by molar-refractivity contribution is 0.584. The number of sulfonamides is 1. The SMILES string of the molecule is CCSc1nnc(SCCNS(=O)(=O)c2ccccc2)s1. The van der Waals surface area contributed by atoms with Gasteiger partial charge in [0.2, 0.25) is 10.0 Å². The maximum Gasteiger partial charge on any atom is 0.240 e. The number of hydrogen-bond donors (Lipinski definition) is 1. The molecular weight excluding hydrogens is 346 g/mol. The van der Waals surface area contributed by atoms with Crippen molar-refractivity contribution in [3.8, 4) is 0 Å². The maximum absolute atomic E-state index is 12.0. The molecule has 1 heterocycles. The Hall–Kier alpha value is -0.610. The summed E-state index contributed by atoms with van der Waals surface area (Å²) in [7, 11) is -3.42. The molecule has 0 unspecified atom stereocenters. The van der Waals surface area contributed by atoms with Crippen molar-refractivity contribution >= 4 is 44.9 Å². The fourth-order valence-corrected chi connectivity index (χ4v) is 5.46. The summed E-state index contributed by atoms with van der Waals surface area (Å²) < 4.78 is 28.4. The van der Waals surface area contributed by atoms with Gasteiger partial charge in [-0.3, -0.25) is 0 Å². The minimum Gasteiger partial charge on any atom is -0.210 e. The summed E-state index contributed by atoms with van der Waals surface area (Å²) in [4.78, 5) is 0.285. The summed E-state index contributed by atoms with van der Waals surface area (Å²) in [5, 5.41) is 8.11. The van der Waals surface area contributed by atoms with E-state index in [4.69, 9.17) is 0 Å². The molecule has 114 valence electrons. The lowest BCUT2D eigenvalue weighted by atomic mass is 10.4. The van der Waals surface area contributed by atoms with Gasteiger partial charge in [-0.1, -0.05) is 60.0 Å². The maximum atomic E-state index is 12.0. The van der Waals surface area contributed by atoms with Crippen LogP contribution in [0.3, 0.4) is 0 Å². The topological polar surface area (TPSA) is 72.0 Å². The fourth-order valence-electron chi connectivity index (χ4n) is 1.43. The third kappa shape index (κ3) is 5.26. The quantitative estimate of drug-likeness (QED) is 0.576. The van der Waals surface area contributed by atoms with Crippen molar-refractivity contribution in [3.05, 3.63) is 30.3 Å². The molecule has 0 radical (unpaired) electrons. The molecule has 5 nitrogen and oxygen atoms in total. The van der Waals surface area contributed by atoms with Crippen LogP contribution in [-0.2, 0) is 10.0 Å². The Kier molecular flexibility index (Phi) is 6.49. The molecule has 2 rings (SSSR count). The van der Waals surface area contributed by atoms with Crippen LogP contribution < -0.4 is 4.72 Å². The van der Waals surface area contributed by atoms with Crippen molar-refractivity contribution in [1.82, 2.24) is 14.9 Å². The van der Waals surface area contributed by atoms with Crippen LogP contribution in [0.1, 0.15) is 6.92 Å². The standard InChI is InChI=1S/C12H15N3O2S4/c1-2-18-11-14-15-12(20-11)19-9-8-13-21(16,17)10-6-4-3-5-7-10/h3-7,13H,2,8-9H2,1H3. The minimum atomic E-state index is -3.42. The van der Waals surface area contributed by atoms with Crippen molar-refractivity contribution in [1.29, 1.82) is 0 Å². The number of benzene rings is 1. The van der Waals surface area contributed by atoms with E-state index in [0.29, 0.717) is 12.3 Å². The third-order valence-electron chi connectivity index (χ3n) is 2.33. The molecule has 1 aromatic heterocycles. The molecule has 0 saturated heterocycles. The molecule has 0 aliphatic carbocycles. The predicted molar refractivity (Wildman–Crippen MR) is 88.7 cm³/mol. The van der Waals surface area contributed by atoms with Crippen molar-refractivity contribution in [2.45, 2.75) is 20.5 Å². The number of aromatic nitrogens is 2. The smallest absolute Gasteiger partial charge is 0.210 e. The van der Waals surface area contributed by atoms with Crippen LogP contribution in [0.15, 0.2) is 43.9 Å². The van der Waals surface area contributed by atoms with E-state index < -0.39 is 10.0 Å². The van der Waals surface area contributed by atoms with Gasteiger partial charge in [-0.15, -0.1) is 10.2 Å². The zero-order chi connectivity index (χ0) is 15.1. The van der Waals surface area contributed by atoms with Gasteiger partial charge in [0.15, 0.2) is 8.68 Å². The highest BCUT2D eigenvalue weighted by atomic mass is 32.2. The van der Waals surface area contributed by atoms with Crippen LogP contribution in [-0.4, -0.2) is 36.7 Å². The highest BCUT2D eigenvalue weighted by molar-refractivity contribution is 8.03. The van der Waals surface area contributed by atoms with Gasteiger partial charge in [0.25, 0.3) is 0 Å². The summed E-state index contributed by atoms with van der Waals surface area (Å²) >= 11 is 4.70. The number of thioether (sulfide) groups is 2. The first-order valence-corrected chi connectivity index (χ1v) is 10.5. The first-order chi connectivity index (χ1) is 10.1. The first-order valence-electron chi connectivity index (χ1n) is 6.25. The molecule has 9 heteroatoms. The largest absolute Gasteiger partial charge is 0.240 e. The van der Waals surface area contributed by atoms with E-state index in [-0.39, 0.29) is 4.90 Å². The minimum absolute atomic E-state index is 0.285. The molecule has 0 atom stereocenters. The van der Waals surface area contributed by atoms with Crippen LogP contribution in [0.5, 0.6) is 0 Å². The molecule has 0 aliphatic heterocycles. The van der Waals surface area contributed by atoms with Crippen LogP contribution in [0.25, 0.3) is 0 Å². The van der Waals surface area contributed by atoms with E-state index in [0.717, 1.165) is 14.4 Å². The highest BCUT2D eigenvalue weighted by Gasteiger charge is 2.12. The molecule has 0 saturated carbocycles. The van der Waals surface area contributed by atoms with Crippen molar-refractivity contribution in [2.75, 3.05) is 18.1 Å². The molecular formula is C12H15N3O2S4. The van der Waals surface area contributed by atoms with Crippen molar-refractivity contribution < 1.29 is 8.42 Å². The molecule has 1 aromatic carbocycles. The number of nitrogens with zero attached hydrogens (tertiary/aromatic N) is 2. The molecule has 0 amide bonds. The lowest BCUT2D eigenvalue weighted by Gasteiger charge is -2.05. The first kappa shape index (κ1) is 16.8. The summed E-state index contributed by atoms with van der Waals surface area (Å²) in [5.41, 5.74) is 0. The zero-order valence-corrected chi connectivity index (χ0v) is 14.6. The second-order valence-corrected chi connectivity index (χ2v) is 9.42. The summed E-state index contributed by atoms with van der Waals surface area (Å²) in [5.74, 6) is 1.59. The summed E-state index contributed by atoms with van der Waals surface area (Å²) in [6, 6.07) is 8.36. The van der Waals surface area contributed by atoms with E-state index in [1.54, 1.807) is 42.1 Å². The van der Waals surface area contributed by atoms with Gasteiger partial charge in [0.05, 0.1) is 4.90 Å². The lowest BCUT2D eigenvalue weighted by Crippen LogP contribution is -2.25. The molecule has 2 aromatic rings. The normalized spacial score (nSPS) is 11.7. The summed E-state index contributed by atoms with van der Waals surface area (Å²) in [6.45, 7) is 2.43. The summed E-state index contributed by atoms with van der Waals surface area (Å²) in [6.07, 6.45) is 0. The van der Waals surface area contributed by atoms with Gasteiger partial charge >= 0.3 is 0 Å². The van der Waals surface area contributed by atoms with E-state index in [1.807, 2.05) is 0 Å². The van der Waals surface area contributed by atoms with E-state index in [2.05, 4.69) is 21.8 Å². The number of hydrogen-bond acceptors (Lipinski definition) is 7. The number of nitrogens with one attached hydrogen (secondary N) is 1. The monoisotopic (exact) mass is 361 g/mol. The average molecular weight is 362 g/mol. The van der Waals surface area contributed by atoms with Gasteiger partial charge < -0.3 is 0 Å². The highest BCUT2D eigenvalue weighted by Crippen LogP contribution is 2.28. The Morgan fingerprint density at radius 1 is 1.14 bits per heavy atom. The van der Waals surface area contributed by atoms with E-state index in [1.165, 1.54) is 23.1 Å². The van der Waals surface area contributed by atoms with Crippen LogP contribution >= 0.6 is 34.9 Å². The van der Waals surface area contributed by atoms with Crippen molar-refractivity contribution in [2.24, 2.45) is 0 Å². The van der Waals surface area contributed by atoms with Crippen molar-refractivity contribution in [3.63, 3.8) is 0 Å². The molecule has 0 aliphatic rings. The Balaban J connectivity index is 1.79. The molecule has 0 fully saturated rings. The average Bonchev–Trinajstić information content (AvgIpc) is 2.93. The van der Waals surface area contributed by atoms with E-state index >= 15 is 0 Å². The Labute approximate surface area is 137 Å².